The summed E-state index contributed by atoms with van der Waals surface area (Å²) in [6.07, 6.45) is 4.84. The summed E-state index contributed by atoms with van der Waals surface area (Å²) < 4.78 is 11.2. The van der Waals surface area contributed by atoms with Gasteiger partial charge in [0.25, 0.3) is 5.91 Å². The number of hydrogen-bond donors (Lipinski definition) is 0. The molecule has 136 valence electrons. The van der Waals surface area contributed by atoms with Gasteiger partial charge in [0.05, 0.1) is 37.5 Å². The Hall–Kier alpha value is -2.15. The highest BCUT2D eigenvalue weighted by molar-refractivity contribution is 5.96. The van der Waals surface area contributed by atoms with Crippen molar-refractivity contribution >= 4 is 11.8 Å². The second-order valence-corrected chi connectivity index (χ2v) is 6.91. The van der Waals surface area contributed by atoms with Crippen molar-refractivity contribution in [3.8, 4) is 5.75 Å². The first kappa shape index (κ1) is 17.7. The predicted molar refractivity (Wildman–Crippen MR) is 91.3 cm³/mol. The summed E-state index contributed by atoms with van der Waals surface area (Å²) >= 11 is 0. The highest BCUT2D eigenvalue weighted by Gasteiger charge is 2.40. The Morgan fingerprint density at radius 1 is 1.40 bits per heavy atom. The molecule has 0 radical (unpaired) electrons. The molecular weight excluding hydrogens is 322 g/mol. The Kier molecular flexibility index (Phi) is 5.22. The molecule has 0 bridgehead atoms. The van der Waals surface area contributed by atoms with Crippen LogP contribution in [0.4, 0.5) is 0 Å². The van der Waals surface area contributed by atoms with Crippen LogP contribution < -0.4 is 4.74 Å². The van der Waals surface area contributed by atoms with Crippen molar-refractivity contribution in [2.75, 3.05) is 40.9 Å². The van der Waals surface area contributed by atoms with Gasteiger partial charge in [-0.2, -0.15) is 0 Å². The average molecular weight is 347 g/mol. The van der Waals surface area contributed by atoms with E-state index in [2.05, 4.69) is 4.98 Å². The van der Waals surface area contributed by atoms with Gasteiger partial charge in [-0.15, -0.1) is 0 Å². The summed E-state index contributed by atoms with van der Waals surface area (Å²) in [4.78, 5) is 32.6. The highest BCUT2D eigenvalue weighted by atomic mass is 16.5. The number of rotatable bonds is 3. The first-order chi connectivity index (χ1) is 12.0. The molecule has 7 heteroatoms. The van der Waals surface area contributed by atoms with Crippen LogP contribution in [0.3, 0.4) is 0 Å². The van der Waals surface area contributed by atoms with Crippen LogP contribution in [0, 0.1) is 11.8 Å². The number of methoxy groups -OCH3 is 1. The van der Waals surface area contributed by atoms with Gasteiger partial charge < -0.3 is 19.3 Å². The lowest BCUT2D eigenvalue weighted by Crippen LogP contribution is -2.51. The minimum Gasteiger partial charge on any atom is -0.494 e. The van der Waals surface area contributed by atoms with Gasteiger partial charge in [0.1, 0.15) is 5.75 Å². The number of piperidine rings is 1. The van der Waals surface area contributed by atoms with Crippen molar-refractivity contribution in [3.05, 3.63) is 24.0 Å². The maximum atomic E-state index is 12.9. The lowest BCUT2D eigenvalue weighted by Gasteiger charge is -2.43. The number of aromatic nitrogens is 1. The van der Waals surface area contributed by atoms with Gasteiger partial charge in [-0.3, -0.25) is 14.6 Å². The van der Waals surface area contributed by atoms with Gasteiger partial charge >= 0.3 is 0 Å². The second-order valence-electron chi connectivity index (χ2n) is 6.91. The minimum atomic E-state index is -0.123. The largest absolute Gasteiger partial charge is 0.494 e. The zero-order chi connectivity index (χ0) is 18.0. The fourth-order valence-corrected chi connectivity index (χ4v) is 3.74. The van der Waals surface area contributed by atoms with E-state index >= 15 is 0 Å². The molecule has 3 heterocycles. The maximum Gasteiger partial charge on any atom is 0.257 e. The molecule has 0 aliphatic carbocycles. The van der Waals surface area contributed by atoms with Gasteiger partial charge in [-0.25, -0.2) is 0 Å². The SMILES string of the molecule is COc1cnccc1C(=O)N1CC[C@H]2OC[C@@H](C(=O)N(C)C)C[C@H]2C1. The first-order valence-electron chi connectivity index (χ1n) is 8.61. The van der Waals surface area contributed by atoms with Crippen molar-refractivity contribution in [1.82, 2.24) is 14.8 Å². The molecule has 2 fully saturated rings. The van der Waals surface area contributed by atoms with Crippen LogP contribution in [0.5, 0.6) is 5.75 Å². The summed E-state index contributed by atoms with van der Waals surface area (Å²) in [6.45, 7) is 1.73. The molecule has 2 saturated heterocycles. The van der Waals surface area contributed by atoms with Crippen LogP contribution >= 0.6 is 0 Å². The van der Waals surface area contributed by atoms with Gasteiger partial charge in [0, 0.05) is 39.3 Å². The molecule has 7 nitrogen and oxygen atoms in total. The highest BCUT2D eigenvalue weighted by Crippen LogP contribution is 2.33. The van der Waals surface area contributed by atoms with E-state index in [1.165, 1.54) is 7.11 Å². The average Bonchev–Trinajstić information content (AvgIpc) is 2.65. The molecule has 0 aromatic carbocycles. The van der Waals surface area contributed by atoms with Crippen LogP contribution in [0.25, 0.3) is 0 Å². The molecule has 1 aromatic heterocycles. The fourth-order valence-electron chi connectivity index (χ4n) is 3.74. The summed E-state index contributed by atoms with van der Waals surface area (Å²) in [5.74, 6) is 0.585. The van der Waals surface area contributed by atoms with Crippen molar-refractivity contribution in [2.24, 2.45) is 11.8 Å². The predicted octanol–water partition coefficient (Wildman–Crippen LogP) is 1.05. The number of amides is 2. The van der Waals surface area contributed by atoms with Crippen molar-refractivity contribution in [2.45, 2.75) is 18.9 Å². The summed E-state index contributed by atoms with van der Waals surface area (Å²) in [7, 11) is 5.06. The molecule has 0 unspecified atom stereocenters. The number of likely N-dealkylation sites (tertiary alicyclic amines) is 1. The van der Waals surface area contributed by atoms with Crippen LogP contribution in [-0.2, 0) is 9.53 Å². The number of carbonyl (C=O) groups excluding carboxylic acids is 2. The Labute approximate surface area is 147 Å². The van der Waals surface area contributed by atoms with Crippen LogP contribution in [-0.4, -0.2) is 73.6 Å². The van der Waals surface area contributed by atoms with E-state index in [4.69, 9.17) is 9.47 Å². The number of fused-ring (bicyclic) bond motifs is 1. The Bertz CT molecular complexity index is 649. The van der Waals surface area contributed by atoms with E-state index in [-0.39, 0.29) is 29.8 Å². The second kappa shape index (κ2) is 7.39. The van der Waals surface area contributed by atoms with Crippen LogP contribution in [0.2, 0.25) is 0 Å². The normalized spacial score (nSPS) is 25.9. The fraction of sp³-hybridized carbons (Fsp3) is 0.611. The lowest BCUT2D eigenvalue weighted by molar-refractivity contribution is -0.145. The van der Waals surface area contributed by atoms with E-state index in [1.54, 1.807) is 37.5 Å². The standard InChI is InChI=1S/C18H25N3O4/c1-20(2)17(22)13-8-12-10-21(7-5-15(12)25-11-13)18(23)14-4-6-19-9-16(14)24-3/h4,6,9,12-13,15H,5,7-8,10-11H2,1-3H3/t12-,13-,15+/m0/s1. The van der Waals surface area contributed by atoms with Crippen LogP contribution in [0.1, 0.15) is 23.2 Å². The first-order valence-corrected chi connectivity index (χ1v) is 8.61. The van der Waals surface area contributed by atoms with E-state index in [1.807, 2.05) is 4.90 Å². The zero-order valence-electron chi connectivity index (χ0n) is 15.0. The molecule has 3 rings (SSSR count). The van der Waals surface area contributed by atoms with Gasteiger partial charge in [0.15, 0.2) is 0 Å². The smallest absolute Gasteiger partial charge is 0.257 e. The number of carbonyl (C=O) groups is 2. The quantitative estimate of drug-likeness (QED) is 0.817. The summed E-state index contributed by atoms with van der Waals surface area (Å²) in [6, 6.07) is 1.68. The molecule has 2 amide bonds. The van der Waals surface area contributed by atoms with E-state index in [0.717, 1.165) is 12.8 Å². The molecule has 0 saturated carbocycles. The monoisotopic (exact) mass is 347 g/mol. The van der Waals surface area contributed by atoms with E-state index in [9.17, 15) is 9.59 Å². The summed E-state index contributed by atoms with van der Waals surface area (Å²) in [5, 5.41) is 0. The summed E-state index contributed by atoms with van der Waals surface area (Å²) in [5.41, 5.74) is 0.522. The third-order valence-electron chi connectivity index (χ3n) is 5.08. The Morgan fingerprint density at radius 2 is 2.20 bits per heavy atom. The topological polar surface area (TPSA) is 72.0 Å². The number of nitrogens with zero attached hydrogens (tertiary/aromatic N) is 3. The number of hydrogen-bond acceptors (Lipinski definition) is 5. The minimum absolute atomic E-state index is 0.0567. The van der Waals surface area contributed by atoms with Crippen LogP contribution in [0.15, 0.2) is 18.5 Å². The molecule has 1 aromatic rings. The molecule has 0 spiro atoms. The number of ether oxygens (including phenoxy) is 2. The Morgan fingerprint density at radius 3 is 2.92 bits per heavy atom. The van der Waals surface area contributed by atoms with Crippen molar-refractivity contribution < 1.29 is 19.1 Å². The van der Waals surface area contributed by atoms with Gasteiger partial charge in [-0.1, -0.05) is 0 Å². The maximum absolute atomic E-state index is 12.9. The molecule has 25 heavy (non-hydrogen) atoms. The lowest BCUT2D eigenvalue weighted by atomic mass is 9.83. The van der Waals surface area contributed by atoms with Gasteiger partial charge in [0.2, 0.25) is 5.91 Å². The molecular formula is C18H25N3O4. The Balaban J connectivity index is 1.70. The third-order valence-corrected chi connectivity index (χ3v) is 5.08. The molecule has 3 atom stereocenters. The van der Waals surface area contributed by atoms with Crippen molar-refractivity contribution in [1.29, 1.82) is 0 Å². The van der Waals surface area contributed by atoms with E-state index < -0.39 is 0 Å². The molecule has 2 aliphatic rings. The van der Waals surface area contributed by atoms with Gasteiger partial charge in [-0.05, 0) is 18.9 Å². The third kappa shape index (κ3) is 3.61. The molecule has 2 aliphatic heterocycles. The van der Waals surface area contributed by atoms with Crippen molar-refractivity contribution in [3.63, 3.8) is 0 Å². The van der Waals surface area contributed by atoms with E-state index in [0.29, 0.717) is 31.0 Å². The molecule has 0 N–H and O–H groups in total. The number of pyridine rings is 1. The zero-order valence-corrected chi connectivity index (χ0v) is 15.0.